The maximum absolute atomic E-state index is 13.3. The molecular weight excluding hydrogens is 900 g/mol. The summed E-state index contributed by atoms with van der Waals surface area (Å²) in [5.41, 5.74) is 1.49. The molecule has 0 saturated heterocycles. The van der Waals surface area contributed by atoms with Crippen molar-refractivity contribution in [1.29, 1.82) is 0 Å². The second-order valence-corrected chi connectivity index (χ2v) is 30.2. The number of halogens is 1. The Labute approximate surface area is 406 Å². The van der Waals surface area contributed by atoms with Crippen molar-refractivity contribution in [3.05, 3.63) is 95.5 Å². The first-order valence-corrected chi connectivity index (χ1v) is 28.0. The molecule has 366 valence electrons. The quantitative estimate of drug-likeness (QED) is 0.0300. The van der Waals surface area contributed by atoms with Gasteiger partial charge in [-0.15, -0.1) is 0 Å². The molecule has 4 aromatic rings. The van der Waals surface area contributed by atoms with Crippen molar-refractivity contribution >= 4 is 46.4 Å². The van der Waals surface area contributed by atoms with Crippen LogP contribution in [0.4, 0.5) is 0 Å². The van der Waals surface area contributed by atoms with Crippen molar-refractivity contribution < 1.29 is 31.3 Å². The minimum Gasteiger partial charge on any atom is -0.455 e. The number of pyridine rings is 1. The van der Waals surface area contributed by atoms with Crippen molar-refractivity contribution in [3.63, 3.8) is 0 Å². The third-order valence-electron chi connectivity index (χ3n) is 14.3. The summed E-state index contributed by atoms with van der Waals surface area (Å²) in [6, 6.07) is 24.6. The van der Waals surface area contributed by atoms with Crippen LogP contribution in [0.1, 0.15) is 130 Å². The van der Waals surface area contributed by atoms with Gasteiger partial charge in [0.15, 0.2) is 5.69 Å². The van der Waals surface area contributed by atoms with Gasteiger partial charge in [0.1, 0.15) is 10.8 Å². The molecule has 2 atom stereocenters. The van der Waals surface area contributed by atoms with Crippen LogP contribution in [0, 0.1) is 28.6 Å². The number of hydrogen-bond donors (Lipinski definition) is 1. The standard InChI is InChI=1S/C53H75ClN4O7SSi/c1-39-43(42-22-23-44(54)57-45(42)46(59)65-47(2,3)4)30-56-58(39)37-52-32-50(10)31-51(11,33-52)35-53(34-50,36-52)62-28-25-55-26-29-66(60,61)63-38-49(8,9)24-27-64-67(48(5,6)7,40-18-14-12-15-19-40)41-20-16-13-17-21-41/h12-23,30,55H,24-29,31-38H2,1-11H3. The molecule has 0 aliphatic heterocycles. The number of aromatic nitrogens is 3. The Morgan fingerprint density at radius 3 is 2.00 bits per heavy atom. The van der Waals surface area contributed by atoms with E-state index in [1.165, 1.54) is 16.8 Å². The molecule has 4 aliphatic rings. The molecule has 2 aromatic carbocycles. The highest BCUT2D eigenvalue weighted by atomic mass is 35.5. The number of ether oxygens (including phenoxy) is 2. The number of rotatable bonds is 20. The van der Waals surface area contributed by atoms with Crippen molar-refractivity contribution in [1.82, 2.24) is 20.1 Å². The summed E-state index contributed by atoms with van der Waals surface area (Å²) in [4.78, 5) is 17.7. The number of nitrogens with zero attached hydrogens (tertiary/aromatic N) is 3. The topological polar surface area (TPSA) is 131 Å². The van der Waals surface area contributed by atoms with E-state index in [1.54, 1.807) is 6.07 Å². The Hall–Kier alpha value is -3.43. The highest BCUT2D eigenvalue weighted by Crippen LogP contribution is 2.72. The van der Waals surface area contributed by atoms with Crippen molar-refractivity contribution in [2.75, 3.05) is 38.7 Å². The van der Waals surface area contributed by atoms with Gasteiger partial charge in [-0.3, -0.25) is 8.86 Å². The van der Waals surface area contributed by atoms with Crippen molar-refractivity contribution in [3.8, 4) is 11.1 Å². The van der Waals surface area contributed by atoms with E-state index in [0.717, 1.165) is 49.9 Å². The fourth-order valence-electron chi connectivity index (χ4n) is 12.8. The third kappa shape index (κ3) is 11.8. The van der Waals surface area contributed by atoms with Gasteiger partial charge in [-0.1, -0.05) is 121 Å². The molecule has 0 spiro atoms. The molecule has 0 amide bonds. The zero-order valence-electron chi connectivity index (χ0n) is 41.9. The molecule has 11 nitrogen and oxygen atoms in total. The Kier molecular flexibility index (Phi) is 14.6. The largest absolute Gasteiger partial charge is 0.455 e. The maximum atomic E-state index is 13.3. The lowest BCUT2D eigenvalue weighted by Gasteiger charge is -2.69. The molecule has 2 unspecified atom stereocenters. The van der Waals surface area contributed by atoms with Crippen LogP contribution in [-0.2, 0) is 34.7 Å². The second-order valence-electron chi connectivity index (χ2n) is 23.7. The van der Waals surface area contributed by atoms with Crippen LogP contribution in [0.15, 0.2) is 79.0 Å². The molecule has 67 heavy (non-hydrogen) atoms. The SMILES string of the molecule is Cc1c(-c2ccc(Cl)nc2C(=O)OC(C)(C)C)cnn1CC12CC3(C)CC(C)(C1)CC(OCCNCCS(=O)(=O)OCC(C)(C)CCO[Si](c1ccccc1)(c1ccccc1)C(C)(C)C)(C3)C2. The Morgan fingerprint density at radius 2 is 1.42 bits per heavy atom. The summed E-state index contributed by atoms with van der Waals surface area (Å²) in [6.07, 6.45) is 8.80. The number of carbonyl (C=O) groups is 1. The zero-order chi connectivity index (χ0) is 48.7. The first-order valence-electron chi connectivity index (χ1n) is 24.1. The predicted octanol–water partition coefficient (Wildman–Crippen LogP) is 9.93. The Bertz CT molecular complexity index is 2430. The lowest BCUT2D eigenvalue weighted by atomic mass is 9.39. The van der Waals surface area contributed by atoms with Gasteiger partial charge in [0.05, 0.1) is 30.8 Å². The second kappa shape index (κ2) is 19.1. The fraction of sp³-hybridized carbons (Fsp3) is 0.604. The van der Waals surface area contributed by atoms with Gasteiger partial charge < -0.3 is 19.2 Å². The summed E-state index contributed by atoms with van der Waals surface area (Å²) in [5, 5.41) is 10.8. The van der Waals surface area contributed by atoms with E-state index in [-0.39, 0.29) is 56.6 Å². The van der Waals surface area contributed by atoms with E-state index in [4.69, 9.17) is 34.8 Å². The van der Waals surface area contributed by atoms with E-state index in [2.05, 4.69) is 105 Å². The van der Waals surface area contributed by atoms with E-state index in [0.29, 0.717) is 31.7 Å². The molecule has 1 N–H and O–H groups in total. The summed E-state index contributed by atoms with van der Waals surface area (Å²) in [6.45, 7) is 25.9. The van der Waals surface area contributed by atoms with Gasteiger partial charge in [0, 0.05) is 43.1 Å². The normalized spacial score (nSPS) is 24.3. The molecule has 4 aliphatic carbocycles. The van der Waals surface area contributed by atoms with E-state index >= 15 is 0 Å². The lowest BCUT2D eigenvalue weighted by molar-refractivity contribution is -0.247. The highest BCUT2D eigenvalue weighted by molar-refractivity contribution is 7.86. The Morgan fingerprint density at radius 1 is 0.806 bits per heavy atom. The monoisotopic (exact) mass is 974 g/mol. The smallest absolute Gasteiger partial charge is 0.358 e. The minimum atomic E-state index is -3.77. The number of esters is 1. The lowest BCUT2D eigenvalue weighted by Crippen LogP contribution is -2.66. The van der Waals surface area contributed by atoms with Crippen molar-refractivity contribution in [2.24, 2.45) is 21.7 Å². The predicted molar refractivity (Wildman–Crippen MR) is 270 cm³/mol. The van der Waals surface area contributed by atoms with Gasteiger partial charge in [-0.05, 0) is 122 Å². The molecule has 8 rings (SSSR count). The zero-order valence-corrected chi connectivity index (χ0v) is 44.5. The first-order chi connectivity index (χ1) is 31.2. The summed E-state index contributed by atoms with van der Waals surface area (Å²) >= 11 is 6.28. The van der Waals surface area contributed by atoms with Crippen LogP contribution in [-0.4, -0.2) is 87.3 Å². The van der Waals surface area contributed by atoms with Crippen LogP contribution in [0.3, 0.4) is 0 Å². The van der Waals surface area contributed by atoms with Gasteiger partial charge in [0.2, 0.25) is 0 Å². The summed E-state index contributed by atoms with van der Waals surface area (Å²) < 4.78 is 53.9. The molecule has 2 heterocycles. The van der Waals surface area contributed by atoms with E-state index < -0.39 is 35.4 Å². The molecular formula is C53H75ClN4O7SSi. The van der Waals surface area contributed by atoms with E-state index in [1.807, 2.05) is 59.0 Å². The molecule has 4 saturated carbocycles. The average molecular weight is 976 g/mol. The van der Waals surface area contributed by atoms with Crippen molar-refractivity contribution in [2.45, 2.75) is 144 Å². The molecule has 14 heteroatoms. The van der Waals surface area contributed by atoms with Gasteiger partial charge in [0.25, 0.3) is 18.4 Å². The first kappa shape index (κ1) is 51.4. The number of carbonyl (C=O) groups excluding carboxylic acids is 1. The van der Waals surface area contributed by atoms with Gasteiger partial charge in [-0.25, -0.2) is 9.78 Å². The number of hydrogen-bond acceptors (Lipinski definition) is 10. The van der Waals surface area contributed by atoms with Gasteiger partial charge in [-0.2, -0.15) is 13.5 Å². The molecule has 0 radical (unpaired) electrons. The number of benzene rings is 2. The number of nitrogens with one attached hydrogen (secondary N) is 1. The molecule has 4 fully saturated rings. The fourth-order valence-corrected chi connectivity index (χ4v) is 18.5. The van der Waals surface area contributed by atoms with Crippen LogP contribution in [0.5, 0.6) is 0 Å². The highest BCUT2D eigenvalue weighted by Gasteiger charge is 2.66. The minimum absolute atomic E-state index is 0.0151. The average Bonchev–Trinajstić information content (AvgIpc) is 3.56. The molecule has 2 aromatic heterocycles. The third-order valence-corrected chi connectivity index (χ3v) is 20.8. The Balaban J connectivity index is 0.918. The molecule has 4 bridgehead atoms. The van der Waals surface area contributed by atoms with Gasteiger partial charge >= 0.3 is 5.97 Å². The van der Waals surface area contributed by atoms with Crippen LogP contribution in [0.25, 0.3) is 11.1 Å². The van der Waals surface area contributed by atoms with Crippen LogP contribution < -0.4 is 15.7 Å². The van der Waals surface area contributed by atoms with E-state index in [9.17, 15) is 13.2 Å². The van der Waals surface area contributed by atoms with Crippen LogP contribution in [0.2, 0.25) is 10.2 Å². The maximum Gasteiger partial charge on any atom is 0.358 e. The van der Waals surface area contributed by atoms with Crippen LogP contribution >= 0.6 is 11.6 Å². The summed E-state index contributed by atoms with van der Waals surface area (Å²) in [5.74, 6) is -0.644. The summed E-state index contributed by atoms with van der Waals surface area (Å²) in [7, 11) is -6.47.